The molecule has 1 heteroatoms. The maximum Gasteiger partial charge on any atom is 0.0604 e. The van der Waals surface area contributed by atoms with Crippen molar-refractivity contribution < 1.29 is 4.74 Å². The van der Waals surface area contributed by atoms with E-state index < -0.39 is 0 Å². The molecule has 2 saturated carbocycles. The first-order chi connectivity index (χ1) is 4.76. The van der Waals surface area contributed by atoms with E-state index in [1.807, 2.05) is 7.11 Å². The minimum absolute atomic E-state index is 0.596. The van der Waals surface area contributed by atoms with Gasteiger partial charge < -0.3 is 4.74 Å². The van der Waals surface area contributed by atoms with Crippen LogP contribution in [-0.4, -0.2) is 13.2 Å². The predicted molar refractivity (Wildman–Crippen MR) is 40.9 cm³/mol. The molecule has 2 aliphatic carbocycles. The Kier molecular flexibility index (Phi) is 1.31. The van der Waals surface area contributed by atoms with Crippen LogP contribution >= 0.6 is 0 Å². The summed E-state index contributed by atoms with van der Waals surface area (Å²) in [7, 11) is 1.86. The summed E-state index contributed by atoms with van der Waals surface area (Å²) < 4.78 is 5.41. The molecule has 0 N–H and O–H groups in total. The Morgan fingerprint density at radius 2 is 2.30 bits per heavy atom. The lowest BCUT2D eigenvalue weighted by Crippen LogP contribution is -2.21. The first-order valence-electron chi connectivity index (χ1n) is 4.29. The van der Waals surface area contributed by atoms with Crippen molar-refractivity contribution in [1.82, 2.24) is 0 Å². The van der Waals surface area contributed by atoms with E-state index in [1.54, 1.807) is 0 Å². The van der Waals surface area contributed by atoms with E-state index in [9.17, 15) is 0 Å². The van der Waals surface area contributed by atoms with Crippen LogP contribution < -0.4 is 0 Å². The van der Waals surface area contributed by atoms with Gasteiger partial charge in [-0.1, -0.05) is 13.3 Å². The van der Waals surface area contributed by atoms with Crippen LogP contribution in [0, 0.1) is 11.3 Å². The molecule has 0 aromatic heterocycles. The lowest BCUT2D eigenvalue weighted by Gasteiger charge is -2.24. The summed E-state index contributed by atoms with van der Waals surface area (Å²) in [6.07, 6.45) is 6.14. The molecule has 0 unspecified atom stereocenters. The molecule has 0 aromatic rings. The maximum absolute atomic E-state index is 5.41. The molecule has 3 atom stereocenters. The van der Waals surface area contributed by atoms with E-state index in [0.717, 1.165) is 5.92 Å². The average Bonchev–Trinajstić information content (AvgIpc) is 2.59. The summed E-state index contributed by atoms with van der Waals surface area (Å²) in [5.74, 6) is 0.909. The molecule has 0 radical (unpaired) electrons. The molecule has 2 fully saturated rings. The van der Waals surface area contributed by atoms with Gasteiger partial charge in [0.05, 0.1) is 6.10 Å². The van der Waals surface area contributed by atoms with Crippen LogP contribution in [0.3, 0.4) is 0 Å². The summed E-state index contributed by atoms with van der Waals surface area (Å²) in [4.78, 5) is 0. The topological polar surface area (TPSA) is 9.23 Å². The molecule has 0 aromatic carbocycles. The van der Waals surface area contributed by atoms with Gasteiger partial charge in [0.1, 0.15) is 0 Å². The highest BCUT2D eigenvalue weighted by Crippen LogP contribution is 2.61. The highest BCUT2D eigenvalue weighted by Gasteiger charge is 2.55. The fourth-order valence-electron chi connectivity index (χ4n) is 2.50. The Labute approximate surface area is 62.8 Å². The molecule has 0 saturated heterocycles. The van der Waals surface area contributed by atoms with E-state index in [-0.39, 0.29) is 0 Å². The number of hydrogen-bond acceptors (Lipinski definition) is 1. The molecule has 0 aliphatic heterocycles. The van der Waals surface area contributed by atoms with Gasteiger partial charge in [0.15, 0.2) is 0 Å². The van der Waals surface area contributed by atoms with Crippen molar-refractivity contribution in [2.24, 2.45) is 11.3 Å². The number of methoxy groups -OCH3 is 1. The lowest BCUT2D eigenvalue weighted by molar-refractivity contribution is 0.0466. The van der Waals surface area contributed by atoms with E-state index in [4.69, 9.17) is 4.74 Å². The molecular formula is C9H16O. The molecule has 2 aliphatic rings. The van der Waals surface area contributed by atoms with Crippen molar-refractivity contribution >= 4 is 0 Å². The zero-order valence-corrected chi connectivity index (χ0v) is 6.89. The second kappa shape index (κ2) is 1.97. The Balaban J connectivity index is 2.02. The summed E-state index contributed by atoms with van der Waals surface area (Å²) >= 11 is 0. The molecule has 0 spiro atoms. The van der Waals surface area contributed by atoms with E-state index >= 15 is 0 Å². The van der Waals surface area contributed by atoms with E-state index in [2.05, 4.69) is 6.92 Å². The minimum atomic E-state index is 0.596. The normalized spacial score (nSPS) is 52.2. The summed E-state index contributed by atoms with van der Waals surface area (Å²) in [6, 6.07) is 0. The highest BCUT2D eigenvalue weighted by atomic mass is 16.5. The predicted octanol–water partition coefficient (Wildman–Crippen LogP) is 2.21. The zero-order chi connectivity index (χ0) is 7.19. The van der Waals surface area contributed by atoms with Gasteiger partial charge in [-0.05, 0) is 30.6 Å². The molecule has 58 valence electrons. The molecule has 0 bridgehead atoms. The second-order valence-corrected chi connectivity index (χ2v) is 4.13. The SMILES string of the molecule is CO[C@H]1CCC[C@@]2(C)C[C@@H]12. The van der Waals surface area contributed by atoms with E-state index in [1.165, 1.54) is 25.7 Å². The van der Waals surface area contributed by atoms with Crippen LogP contribution in [0.1, 0.15) is 32.6 Å². The second-order valence-electron chi connectivity index (χ2n) is 4.13. The van der Waals surface area contributed by atoms with Gasteiger partial charge in [0, 0.05) is 7.11 Å². The Hall–Kier alpha value is -0.0400. The van der Waals surface area contributed by atoms with Crippen molar-refractivity contribution in [2.45, 2.75) is 38.7 Å². The van der Waals surface area contributed by atoms with Gasteiger partial charge in [-0.25, -0.2) is 0 Å². The van der Waals surface area contributed by atoms with Gasteiger partial charge in [-0.3, -0.25) is 0 Å². The molecule has 10 heavy (non-hydrogen) atoms. The van der Waals surface area contributed by atoms with Gasteiger partial charge in [0.2, 0.25) is 0 Å². The van der Waals surface area contributed by atoms with Crippen molar-refractivity contribution in [3.63, 3.8) is 0 Å². The fraction of sp³-hybridized carbons (Fsp3) is 1.00. The van der Waals surface area contributed by atoms with Gasteiger partial charge in [-0.15, -0.1) is 0 Å². The van der Waals surface area contributed by atoms with Crippen LogP contribution in [0.25, 0.3) is 0 Å². The Morgan fingerprint density at radius 1 is 1.50 bits per heavy atom. The van der Waals surface area contributed by atoms with Crippen LogP contribution in [0.5, 0.6) is 0 Å². The summed E-state index contributed by atoms with van der Waals surface area (Å²) in [6.45, 7) is 2.41. The van der Waals surface area contributed by atoms with Crippen LogP contribution in [0.2, 0.25) is 0 Å². The van der Waals surface area contributed by atoms with Gasteiger partial charge in [-0.2, -0.15) is 0 Å². The quantitative estimate of drug-likeness (QED) is 0.542. The third-order valence-electron chi connectivity index (χ3n) is 3.41. The standard InChI is InChI=1S/C9H16O/c1-9-5-3-4-8(10-2)7(9)6-9/h7-8H,3-6H2,1-2H3/t7-,8-,9-/m0/s1. The number of ether oxygens (including phenoxy) is 1. The maximum atomic E-state index is 5.41. The third-order valence-corrected chi connectivity index (χ3v) is 3.41. The molecule has 1 nitrogen and oxygen atoms in total. The van der Waals surface area contributed by atoms with Gasteiger partial charge >= 0.3 is 0 Å². The number of hydrogen-bond donors (Lipinski definition) is 0. The highest BCUT2D eigenvalue weighted by molar-refractivity contribution is 5.05. The first kappa shape index (κ1) is 6.66. The molecule has 0 amide bonds. The monoisotopic (exact) mass is 140 g/mol. The van der Waals surface area contributed by atoms with Crippen molar-refractivity contribution in [3.05, 3.63) is 0 Å². The number of rotatable bonds is 1. The largest absolute Gasteiger partial charge is 0.381 e. The summed E-state index contributed by atoms with van der Waals surface area (Å²) in [5.41, 5.74) is 0.693. The zero-order valence-electron chi connectivity index (χ0n) is 6.89. The number of fused-ring (bicyclic) bond motifs is 1. The third kappa shape index (κ3) is 0.800. The Morgan fingerprint density at radius 3 is 2.90 bits per heavy atom. The minimum Gasteiger partial charge on any atom is -0.381 e. The summed E-state index contributed by atoms with van der Waals surface area (Å²) in [5, 5.41) is 0. The van der Waals surface area contributed by atoms with Crippen LogP contribution in [0.15, 0.2) is 0 Å². The van der Waals surface area contributed by atoms with Crippen molar-refractivity contribution in [1.29, 1.82) is 0 Å². The first-order valence-corrected chi connectivity index (χ1v) is 4.29. The molecular weight excluding hydrogens is 124 g/mol. The van der Waals surface area contributed by atoms with Crippen LogP contribution in [-0.2, 0) is 4.74 Å². The fourth-order valence-corrected chi connectivity index (χ4v) is 2.50. The molecule has 0 heterocycles. The van der Waals surface area contributed by atoms with Crippen LogP contribution in [0.4, 0.5) is 0 Å². The van der Waals surface area contributed by atoms with Gasteiger partial charge in [0.25, 0.3) is 0 Å². The Bertz CT molecular complexity index is 142. The average molecular weight is 140 g/mol. The van der Waals surface area contributed by atoms with Crippen molar-refractivity contribution in [2.75, 3.05) is 7.11 Å². The smallest absolute Gasteiger partial charge is 0.0604 e. The van der Waals surface area contributed by atoms with E-state index in [0.29, 0.717) is 11.5 Å². The lowest BCUT2D eigenvalue weighted by atomic mass is 9.88. The van der Waals surface area contributed by atoms with Crippen molar-refractivity contribution in [3.8, 4) is 0 Å². The molecule has 2 rings (SSSR count).